The molecule has 19 heavy (non-hydrogen) atoms. The molecule has 0 aliphatic heterocycles. The topological polar surface area (TPSA) is 52.0 Å². The zero-order valence-corrected chi connectivity index (χ0v) is 11.1. The summed E-state index contributed by atoms with van der Waals surface area (Å²) in [6.45, 7) is 1.69. The summed E-state index contributed by atoms with van der Waals surface area (Å²) in [5.74, 6) is 0.463. The van der Waals surface area contributed by atoms with Crippen molar-refractivity contribution in [2.75, 3.05) is 0 Å². The van der Waals surface area contributed by atoms with Crippen molar-refractivity contribution in [2.45, 2.75) is 11.8 Å². The number of aryl methyl sites for hydroxylation is 1. The molecule has 0 spiro atoms. The van der Waals surface area contributed by atoms with Crippen LogP contribution < -0.4 is 0 Å². The van der Waals surface area contributed by atoms with E-state index >= 15 is 0 Å². The Bertz CT molecular complexity index is 836. The number of para-hydroxylation sites is 2. The number of hydrogen-bond donors (Lipinski definition) is 0. The highest BCUT2D eigenvalue weighted by Crippen LogP contribution is 2.22. The van der Waals surface area contributed by atoms with E-state index in [4.69, 9.17) is 0 Å². The molecule has 0 radical (unpaired) electrons. The van der Waals surface area contributed by atoms with E-state index in [1.807, 2.05) is 6.07 Å². The molecular weight excluding hydrogens is 260 g/mol. The lowest BCUT2D eigenvalue weighted by atomic mass is 10.3. The molecule has 96 valence electrons. The third-order valence-corrected chi connectivity index (χ3v) is 4.77. The van der Waals surface area contributed by atoms with Crippen LogP contribution in [0.4, 0.5) is 0 Å². The molecule has 0 saturated carbocycles. The molecule has 1 aromatic heterocycles. The molecule has 0 fully saturated rings. The Hall–Kier alpha value is -2.14. The van der Waals surface area contributed by atoms with Crippen molar-refractivity contribution < 1.29 is 8.42 Å². The van der Waals surface area contributed by atoms with Crippen molar-refractivity contribution in [3.63, 3.8) is 0 Å². The summed E-state index contributed by atoms with van der Waals surface area (Å²) in [6.07, 6.45) is 0. The Morgan fingerprint density at radius 3 is 2.32 bits per heavy atom. The Kier molecular flexibility index (Phi) is 2.64. The Labute approximate surface area is 111 Å². The quantitative estimate of drug-likeness (QED) is 0.720. The number of hydrogen-bond acceptors (Lipinski definition) is 3. The van der Waals surface area contributed by atoms with Crippen LogP contribution in [-0.2, 0) is 10.0 Å². The van der Waals surface area contributed by atoms with Gasteiger partial charge in [0, 0.05) is 0 Å². The average Bonchev–Trinajstić information content (AvgIpc) is 2.76. The normalized spacial score (nSPS) is 11.8. The van der Waals surface area contributed by atoms with E-state index in [-0.39, 0.29) is 4.90 Å². The molecule has 5 heteroatoms. The highest BCUT2D eigenvalue weighted by atomic mass is 32.2. The Morgan fingerprint density at radius 2 is 1.58 bits per heavy atom. The van der Waals surface area contributed by atoms with Gasteiger partial charge in [-0.05, 0) is 31.2 Å². The van der Waals surface area contributed by atoms with Gasteiger partial charge in [0.25, 0.3) is 10.0 Å². The maximum absolute atomic E-state index is 12.7. The number of imidazole rings is 1. The molecule has 0 N–H and O–H groups in total. The fraction of sp³-hybridized carbons (Fsp3) is 0.0714. The predicted molar refractivity (Wildman–Crippen MR) is 73.5 cm³/mol. The molecule has 0 atom stereocenters. The molecule has 3 aromatic rings. The summed E-state index contributed by atoms with van der Waals surface area (Å²) in [4.78, 5) is 4.55. The second kappa shape index (κ2) is 4.20. The van der Waals surface area contributed by atoms with Crippen molar-refractivity contribution in [1.82, 2.24) is 8.96 Å². The molecular formula is C14H12N2O2S. The number of nitrogens with zero attached hydrogens (tertiary/aromatic N) is 2. The van der Waals surface area contributed by atoms with Gasteiger partial charge >= 0.3 is 0 Å². The van der Waals surface area contributed by atoms with Gasteiger partial charge in [-0.15, -0.1) is 0 Å². The van der Waals surface area contributed by atoms with Crippen molar-refractivity contribution in [3.05, 3.63) is 60.4 Å². The number of fused-ring (bicyclic) bond motifs is 1. The molecule has 0 amide bonds. The van der Waals surface area contributed by atoms with Crippen LogP contribution in [0.15, 0.2) is 59.5 Å². The van der Waals surface area contributed by atoms with Gasteiger partial charge in [0.2, 0.25) is 0 Å². The van der Waals surface area contributed by atoms with E-state index in [1.54, 1.807) is 55.5 Å². The fourth-order valence-corrected chi connectivity index (χ4v) is 3.64. The minimum absolute atomic E-state index is 0.265. The number of benzene rings is 2. The molecule has 2 aromatic carbocycles. The lowest BCUT2D eigenvalue weighted by Gasteiger charge is -2.08. The van der Waals surface area contributed by atoms with E-state index in [2.05, 4.69) is 4.98 Å². The lowest BCUT2D eigenvalue weighted by Crippen LogP contribution is -2.14. The minimum atomic E-state index is -3.60. The van der Waals surface area contributed by atoms with Gasteiger partial charge in [0.05, 0.1) is 15.9 Å². The molecule has 0 bridgehead atoms. The smallest absolute Gasteiger partial charge is 0.232 e. The second-order valence-corrected chi connectivity index (χ2v) is 6.02. The van der Waals surface area contributed by atoms with Gasteiger partial charge in [-0.2, -0.15) is 0 Å². The van der Waals surface area contributed by atoms with Crippen molar-refractivity contribution in [2.24, 2.45) is 0 Å². The molecule has 0 saturated heterocycles. The largest absolute Gasteiger partial charge is 0.269 e. The van der Waals surface area contributed by atoms with E-state index in [9.17, 15) is 8.42 Å². The van der Waals surface area contributed by atoms with Crippen molar-refractivity contribution in [1.29, 1.82) is 0 Å². The van der Waals surface area contributed by atoms with Crippen LogP contribution in [0.3, 0.4) is 0 Å². The van der Waals surface area contributed by atoms with E-state index in [0.29, 0.717) is 16.9 Å². The van der Waals surface area contributed by atoms with Crippen LogP contribution in [0.5, 0.6) is 0 Å². The molecule has 3 rings (SSSR count). The lowest BCUT2D eigenvalue weighted by molar-refractivity contribution is 0.587. The number of aromatic nitrogens is 2. The van der Waals surface area contributed by atoms with Gasteiger partial charge < -0.3 is 0 Å². The van der Waals surface area contributed by atoms with Crippen molar-refractivity contribution >= 4 is 21.1 Å². The average molecular weight is 272 g/mol. The fourth-order valence-electron chi connectivity index (χ4n) is 2.13. The predicted octanol–water partition coefficient (Wildman–Crippen LogP) is 2.58. The van der Waals surface area contributed by atoms with Crippen LogP contribution in [0.25, 0.3) is 11.0 Å². The zero-order chi connectivity index (χ0) is 13.5. The van der Waals surface area contributed by atoms with Crippen LogP contribution in [0, 0.1) is 6.92 Å². The summed E-state index contributed by atoms with van der Waals surface area (Å²) in [5.41, 5.74) is 1.28. The zero-order valence-electron chi connectivity index (χ0n) is 10.3. The van der Waals surface area contributed by atoms with Crippen LogP contribution in [0.2, 0.25) is 0 Å². The summed E-state index contributed by atoms with van der Waals surface area (Å²) < 4.78 is 26.6. The van der Waals surface area contributed by atoms with Crippen LogP contribution in [0.1, 0.15) is 5.82 Å². The first-order chi connectivity index (χ1) is 9.10. The Morgan fingerprint density at radius 1 is 0.947 bits per heavy atom. The molecule has 0 aliphatic rings. The van der Waals surface area contributed by atoms with E-state index in [0.717, 1.165) is 0 Å². The monoisotopic (exact) mass is 272 g/mol. The van der Waals surface area contributed by atoms with Gasteiger partial charge in [-0.1, -0.05) is 30.3 Å². The summed E-state index contributed by atoms with van der Waals surface area (Å²) >= 11 is 0. The Balaban J connectivity index is 2.34. The maximum Gasteiger partial charge on any atom is 0.269 e. The first-order valence-electron chi connectivity index (χ1n) is 5.85. The summed E-state index contributed by atoms with van der Waals surface area (Å²) in [5, 5.41) is 0. The molecule has 4 nitrogen and oxygen atoms in total. The highest BCUT2D eigenvalue weighted by molar-refractivity contribution is 7.90. The number of rotatable bonds is 2. The minimum Gasteiger partial charge on any atom is -0.232 e. The van der Waals surface area contributed by atoms with Gasteiger partial charge in [0.1, 0.15) is 5.82 Å². The first-order valence-corrected chi connectivity index (χ1v) is 7.29. The maximum atomic E-state index is 12.7. The SMILES string of the molecule is Cc1nc2ccccc2n1S(=O)(=O)c1ccccc1. The third-order valence-electron chi connectivity index (χ3n) is 2.96. The van der Waals surface area contributed by atoms with E-state index < -0.39 is 10.0 Å². The standard InChI is InChI=1S/C14H12N2O2S/c1-11-15-13-9-5-6-10-14(13)16(11)19(17,18)12-7-3-2-4-8-12/h2-10H,1H3. The molecule has 0 aliphatic carbocycles. The highest BCUT2D eigenvalue weighted by Gasteiger charge is 2.21. The van der Waals surface area contributed by atoms with Crippen LogP contribution in [-0.4, -0.2) is 17.4 Å². The van der Waals surface area contributed by atoms with Gasteiger partial charge in [-0.3, -0.25) is 0 Å². The molecule has 1 heterocycles. The summed E-state index contributed by atoms with van der Waals surface area (Å²) in [6, 6.07) is 15.6. The first kappa shape index (κ1) is 11.9. The van der Waals surface area contributed by atoms with Gasteiger partial charge in [0.15, 0.2) is 0 Å². The second-order valence-electron chi connectivity index (χ2n) is 4.23. The van der Waals surface area contributed by atoms with Gasteiger partial charge in [-0.25, -0.2) is 17.4 Å². The van der Waals surface area contributed by atoms with E-state index in [1.165, 1.54) is 3.97 Å². The molecule has 0 unspecified atom stereocenters. The summed E-state index contributed by atoms with van der Waals surface area (Å²) in [7, 11) is -3.60. The third kappa shape index (κ3) is 1.82. The van der Waals surface area contributed by atoms with Crippen LogP contribution >= 0.6 is 0 Å². The van der Waals surface area contributed by atoms with Crippen molar-refractivity contribution in [3.8, 4) is 0 Å².